The fourth-order valence-corrected chi connectivity index (χ4v) is 2.71. The maximum atomic E-state index is 12.8. The van der Waals surface area contributed by atoms with Gasteiger partial charge in [-0.05, 0) is 24.3 Å². The van der Waals surface area contributed by atoms with Crippen LogP contribution in [0.5, 0.6) is 5.75 Å². The normalized spacial score (nSPS) is 14.0. The van der Waals surface area contributed by atoms with Crippen LogP contribution in [-0.4, -0.2) is 30.0 Å². The summed E-state index contributed by atoms with van der Waals surface area (Å²) in [6.07, 6.45) is 0. The summed E-state index contributed by atoms with van der Waals surface area (Å²) in [6.45, 7) is 0. The molecule has 2 aromatic carbocycles. The minimum atomic E-state index is -0.786. The molecule has 2 amide bonds. The van der Waals surface area contributed by atoms with Gasteiger partial charge in [-0.1, -0.05) is 35.9 Å². The van der Waals surface area contributed by atoms with E-state index < -0.39 is 17.8 Å². The first-order valence-corrected chi connectivity index (χ1v) is 7.84. The molecule has 1 heterocycles. The van der Waals surface area contributed by atoms with Gasteiger partial charge in [-0.25, -0.2) is 9.69 Å². The number of anilines is 2. The molecule has 1 aliphatic rings. The highest BCUT2D eigenvalue weighted by Crippen LogP contribution is 2.33. The van der Waals surface area contributed by atoms with Gasteiger partial charge in [0.15, 0.2) is 0 Å². The third-order valence-corrected chi connectivity index (χ3v) is 4.09. The van der Waals surface area contributed by atoms with E-state index in [1.54, 1.807) is 24.3 Å². The van der Waals surface area contributed by atoms with E-state index in [0.717, 1.165) is 4.90 Å². The number of imide groups is 1. The lowest BCUT2D eigenvalue weighted by Gasteiger charge is -2.18. The summed E-state index contributed by atoms with van der Waals surface area (Å²) in [5, 5.41) is 12.2. The lowest BCUT2D eigenvalue weighted by molar-refractivity contribution is -0.120. The summed E-state index contributed by atoms with van der Waals surface area (Å²) >= 11 is 6.04. The van der Waals surface area contributed by atoms with Gasteiger partial charge >= 0.3 is 5.97 Å². The van der Waals surface area contributed by atoms with E-state index in [9.17, 15) is 19.5 Å². The molecule has 0 bridgehead atoms. The van der Waals surface area contributed by atoms with Crippen molar-refractivity contribution < 1.29 is 24.2 Å². The number of nitrogens with one attached hydrogen (secondary N) is 1. The molecule has 0 aromatic heterocycles. The van der Waals surface area contributed by atoms with Gasteiger partial charge in [0.25, 0.3) is 11.8 Å². The van der Waals surface area contributed by atoms with E-state index in [-0.39, 0.29) is 33.4 Å². The van der Waals surface area contributed by atoms with Gasteiger partial charge in [0, 0.05) is 0 Å². The Bertz CT molecular complexity index is 954. The number of hydrogen-bond donors (Lipinski definition) is 2. The van der Waals surface area contributed by atoms with Crippen LogP contribution in [-0.2, 0) is 14.3 Å². The van der Waals surface area contributed by atoms with E-state index in [1.165, 1.54) is 31.4 Å². The van der Waals surface area contributed by atoms with Crippen molar-refractivity contribution in [3.8, 4) is 5.75 Å². The zero-order valence-electron chi connectivity index (χ0n) is 13.5. The number of carbonyl (C=O) groups is 3. The number of phenolic OH excluding ortho intramolecular Hbond substituents is 1. The topological polar surface area (TPSA) is 95.9 Å². The molecule has 26 heavy (non-hydrogen) atoms. The standard InChI is InChI=1S/C18H13ClN2O5/c1-26-18(25)10-6-2-4-8-12(10)21-16(23)14(19)15(17(21)24)20-11-7-3-5-9-13(11)22/h2-9,20,22H,1H3. The smallest absolute Gasteiger partial charge is 0.339 e. The highest BCUT2D eigenvalue weighted by molar-refractivity contribution is 6.53. The average molecular weight is 373 g/mol. The zero-order valence-corrected chi connectivity index (χ0v) is 14.3. The molecule has 1 aliphatic heterocycles. The summed E-state index contributed by atoms with van der Waals surface area (Å²) in [5.74, 6) is -2.34. The molecule has 0 unspecified atom stereocenters. The Morgan fingerprint density at radius 1 is 1.08 bits per heavy atom. The van der Waals surface area contributed by atoms with Crippen LogP contribution in [0.1, 0.15) is 10.4 Å². The van der Waals surface area contributed by atoms with Crippen molar-refractivity contribution in [1.82, 2.24) is 0 Å². The van der Waals surface area contributed by atoms with Crippen LogP contribution in [0.2, 0.25) is 0 Å². The first-order valence-electron chi connectivity index (χ1n) is 7.46. The van der Waals surface area contributed by atoms with Gasteiger partial charge in [0.1, 0.15) is 16.5 Å². The summed E-state index contributed by atoms with van der Waals surface area (Å²) in [5.41, 5.74) is 0.120. The fraction of sp³-hybridized carbons (Fsp3) is 0.0556. The molecule has 0 spiro atoms. The third kappa shape index (κ3) is 2.89. The molecule has 3 rings (SSSR count). The van der Waals surface area contributed by atoms with E-state index in [4.69, 9.17) is 11.6 Å². The summed E-state index contributed by atoms with van der Waals surface area (Å²) < 4.78 is 4.69. The van der Waals surface area contributed by atoms with Gasteiger partial charge in [-0.3, -0.25) is 9.59 Å². The van der Waals surface area contributed by atoms with Gasteiger partial charge in [-0.2, -0.15) is 0 Å². The number of carbonyl (C=O) groups excluding carboxylic acids is 3. The minimum absolute atomic E-state index is 0.0463. The largest absolute Gasteiger partial charge is 0.506 e. The van der Waals surface area contributed by atoms with E-state index in [2.05, 4.69) is 10.1 Å². The predicted molar refractivity (Wildman–Crippen MR) is 94.9 cm³/mol. The molecule has 2 N–H and O–H groups in total. The van der Waals surface area contributed by atoms with Gasteiger partial charge < -0.3 is 15.2 Å². The Morgan fingerprint density at radius 3 is 2.42 bits per heavy atom. The summed E-state index contributed by atoms with van der Waals surface area (Å²) in [6, 6.07) is 12.2. The molecule has 8 heteroatoms. The number of aromatic hydroxyl groups is 1. The van der Waals surface area contributed by atoms with Gasteiger partial charge in [-0.15, -0.1) is 0 Å². The Morgan fingerprint density at radius 2 is 1.73 bits per heavy atom. The van der Waals surface area contributed by atoms with Crippen molar-refractivity contribution in [2.45, 2.75) is 0 Å². The molecular formula is C18H13ClN2O5. The molecule has 0 saturated carbocycles. The average Bonchev–Trinajstić information content (AvgIpc) is 2.86. The van der Waals surface area contributed by atoms with Crippen LogP contribution in [0.3, 0.4) is 0 Å². The highest BCUT2D eigenvalue weighted by Gasteiger charge is 2.40. The Labute approximate surface area is 153 Å². The first kappa shape index (κ1) is 17.5. The number of hydrogen-bond acceptors (Lipinski definition) is 6. The second-order valence-corrected chi connectivity index (χ2v) is 5.66. The molecule has 0 fully saturated rings. The van der Waals surface area contributed by atoms with Gasteiger partial charge in [0.05, 0.1) is 24.0 Å². The second-order valence-electron chi connectivity index (χ2n) is 5.29. The van der Waals surface area contributed by atoms with Crippen molar-refractivity contribution >= 4 is 40.8 Å². The lowest BCUT2D eigenvalue weighted by atomic mass is 10.1. The number of rotatable bonds is 4. The highest BCUT2D eigenvalue weighted by atomic mass is 35.5. The van der Waals surface area contributed by atoms with Crippen molar-refractivity contribution in [2.75, 3.05) is 17.3 Å². The summed E-state index contributed by atoms with van der Waals surface area (Å²) in [4.78, 5) is 38.0. The number of nitrogens with zero attached hydrogens (tertiary/aromatic N) is 1. The van der Waals surface area contributed by atoms with Crippen LogP contribution >= 0.6 is 11.6 Å². The minimum Gasteiger partial charge on any atom is -0.506 e. The van der Waals surface area contributed by atoms with Crippen LogP contribution in [0.25, 0.3) is 0 Å². The number of para-hydroxylation sites is 3. The maximum absolute atomic E-state index is 12.8. The quantitative estimate of drug-likeness (QED) is 0.486. The second kappa shape index (κ2) is 6.89. The zero-order chi connectivity index (χ0) is 18.8. The monoisotopic (exact) mass is 372 g/mol. The third-order valence-electron chi connectivity index (χ3n) is 3.74. The number of ether oxygens (including phenoxy) is 1. The molecule has 132 valence electrons. The number of methoxy groups -OCH3 is 1. The van der Waals surface area contributed by atoms with Crippen molar-refractivity contribution in [2.24, 2.45) is 0 Å². The Hall–Kier alpha value is -3.32. The van der Waals surface area contributed by atoms with E-state index in [0.29, 0.717) is 0 Å². The van der Waals surface area contributed by atoms with Crippen molar-refractivity contribution in [3.63, 3.8) is 0 Å². The predicted octanol–water partition coefficient (Wildman–Crippen LogP) is 2.61. The number of amides is 2. The fourth-order valence-electron chi connectivity index (χ4n) is 2.50. The van der Waals surface area contributed by atoms with Crippen molar-refractivity contribution in [3.05, 3.63) is 64.8 Å². The first-order chi connectivity index (χ1) is 12.5. The number of benzene rings is 2. The molecule has 0 radical (unpaired) electrons. The maximum Gasteiger partial charge on any atom is 0.339 e. The van der Waals surface area contributed by atoms with Crippen molar-refractivity contribution in [1.29, 1.82) is 0 Å². The van der Waals surface area contributed by atoms with E-state index in [1.807, 2.05) is 0 Å². The van der Waals surface area contributed by atoms with Crippen LogP contribution in [0.4, 0.5) is 11.4 Å². The molecule has 7 nitrogen and oxygen atoms in total. The molecule has 2 aromatic rings. The Balaban J connectivity index is 2.00. The summed E-state index contributed by atoms with van der Waals surface area (Å²) in [7, 11) is 1.20. The number of halogens is 1. The SMILES string of the molecule is COC(=O)c1ccccc1N1C(=O)C(Cl)=C(Nc2ccccc2O)C1=O. The van der Waals surface area contributed by atoms with Crippen LogP contribution in [0, 0.1) is 0 Å². The van der Waals surface area contributed by atoms with E-state index >= 15 is 0 Å². The Kier molecular flexibility index (Phi) is 4.64. The number of phenols is 1. The molecule has 0 atom stereocenters. The van der Waals surface area contributed by atoms with Gasteiger partial charge in [0.2, 0.25) is 0 Å². The van der Waals surface area contributed by atoms with Crippen LogP contribution in [0.15, 0.2) is 59.3 Å². The molecule has 0 saturated heterocycles. The molecular weight excluding hydrogens is 360 g/mol. The van der Waals surface area contributed by atoms with Crippen LogP contribution < -0.4 is 10.2 Å². The lowest BCUT2D eigenvalue weighted by Crippen LogP contribution is -2.33. The molecule has 0 aliphatic carbocycles. The number of esters is 1.